The molecule has 0 fully saturated rings. The van der Waals surface area contributed by atoms with Crippen LogP contribution in [-0.2, 0) is 6.54 Å². The molecular formula is C14H13N5O3. The third-order valence-corrected chi connectivity index (χ3v) is 2.90. The zero-order valence-corrected chi connectivity index (χ0v) is 12.0. The Labute approximate surface area is 125 Å². The molecule has 0 aromatic carbocycles. The molecule has 3 heterocycles. The third-order valence-electron chi connectivity index (χ3n) is 2.90. The van der Waals surface area contributed by atoms with E-state index in [0.29, 0.717) is 22.8 Å². The van der Waals surface area contributed by atoms with E-state index in [1.807, 2.05) is 6.92 Å². The quantitative estimate of drug-likeness (QED) is 0.780. The van der Waals surface area contributed by atoms with Crippen LogP contribution in [0, 0.1) is 13.8 Å². The summed E-state index contributed by atoms with van der Waals surface area (Å²) in [6.07, 6.45) is 1.52. The number of rotatable bonds is 4. The molecule has 3 aromatic heterocycles. The summed E-state index contributed by atoms with van der Waals surface area (Å²) in [5.74, 6) is 0.994. The smallest absolute Gasteiger partial charge is 0.253 e. The average molecular weight is 299 g/mol. The van der Waals surface area contributed by atoms with Crippen LogP contribution < -0.4 is 5.32 Å². The van der Waals surface area contributed by atoms with Crippen molar-refractivity contribution in [3.63, 3.8) is 0 Å². The molecule has 3 aromatic rings. The number of nitrogens with zero attached hydrogens (tertiary/aromatic N) is 4. The largest absolute Gasteiger partial charge is 0.361 e. The fourth-order valence-corrected chi connectivity index (χ4v) is 1.76. The molecular weight excluding hydrogens is 286 g/mol. The van der Waals surface area contributed by atoms with Crippen molar-refractivity contribution < 1.29 is 13.8 Å². The average Bonchev–Trinajstić information content (AvgIpc) is 3.14. The van der Waals surface area contributed by atoms with Gasteiger partial charge in [-0.25, -0.2) is 0 Å². The van der Waals surface area contributed by atoms with Crippen LogP contribution in [0.5, 0.6) is 0 Å². The molecule has 0 unspecified atom stereocenters. The number of aromatic nitrogens is 4. The monoisotopic (exact) mass is 299 g/mol. The first-order valence-corrected chi connectivity index (χ1v) is 6.59. The molecule has 1 N–H and O–H groups in total. The van der Waals surface area contributed by atoms with Crippen molar-refractivity contribution in [2.75, 3.05) is 0 Å². The maximum atomic E-state index is 11.9. The van der Waals surface area contributed by atoms with Gasteiger partial charge in [0.05, 0.1) is 12.1 Å². The molecule has 0 atom stereocenters. The highest BCUT2D eigenvalue weighted by molar-refractivity contribution is 5.93. The third kappa shape index (κ3) is 3.00. The lowest BCUT2D eigenvalue weighted by Gasteiger charge is -2.01. The van der Waals surface area contributed by atoms with Gasteiger partial charge in [0, 0.05) is 18.0 Å². The Morgan fingerprint density at radius 2 is 2.09 bits per heavy atom. The molecule has 8 heteroatoms. The van der Waals surface area contributed by atoms with Crippen LogP contribution in [0.3, 0.4) is 0 Å². The molecule has 112 valence electrons. The molecule has 0 aliphatic rings. The van der Waals surface area contributed by atoms with E-state index in [1.165, 1.54) is 6.20 Å². The summed E-state index contributed by atoms with van der Waals surface area (Å²) in [6, 6.07) is 5.17. The molecule has 3 rings (SSSR count). The Hall–Kier alpha value is -3.03. The van der Waals surface area contributed by atoms with Gasteiger partial charge in [-0.3, -0.25) is 9.78 Å². The molecule has 0 saturated heterocycles. The van der Waals surface area contributed by atoms with Gasteiger partial charge in [0.1, 0.15) is 5.76 Å². The lowest BCUT2D eigenvalue weighted by Crippen LogP contribution is -2.23. The summed E-state index contributed by atoms with van der Waals surface area (Å²) in [6.45, 7) is 3.75. The molecule has 1 amide bonds. The number of carbonyl (C=O) groups is 1. The molecule has 0 bridgehead atoms. The van der Waals surface area contributed by atoms with Crippen molar-refractivity contribution in [2.24, 2.45) is 0 Å². The second kappa shape index (κ2) is 5.76. The fourth-order valence-electron chi connectivity index (χ4n) is 1.76. The zero-order chi connectivity index (χ0) is 15.5. The zero-order valence-electron chi connectivity index (χ0n) is 12.0. The van der Waals surface area contributed by atoms with Crippen molar-refractivity contribution in [3.05, 3.63) is 47.3 Å². The number of hydrogen-bond acceptors (Lipinski definition) is 7. The topological polar surface area (TPSA) is 107 Å². The molecule has 0 aliphatic carbocycles. The highest BCUT2D eigenvalue weighted by Gasteiger charge is 2.13. The summed E-state index contributed by atoms with van der Waals surface area (Å²) in [4.78, 5) is 20.2. The van der Waals surface area contributed by atoms with Crippen molar-refractivity contribution in [3.8, 4) is 11.5 Å². The molecule has 0 radical (unpaired) electrons. The van der Waals surface area contributed by atoms with E-state index in [-0.39, 0.29) is 18.3 Å². The van der Waals surface area contributed by atoms with E-state index in [2.05, 4.69) is 25.6 Å². The van der Waals surface area contributed by atoms with Crippen molar-refractivity contribution in [2.45, 2.75) is 20.4 Å². The number of hydrogen-bond donors (Lipinski definition) is 1. The first-order chi connectivity index (χ1) is 10.6. The van der Waals surface area contributed by atoms with Gasteiger partial charge in [0.2, 0.25) is 11.7 Å². The van der Waals surface area contributed by atoms with Gasteiger partial charge in [-0.05, 0) is 26.0 Å². The number of pyridine rings is 1. The normalized spacial score (nSPS) is 10.6. The van der Waals surface area contributed by atoms with E-state index >= 15 is 0 Å². The molecule has 0 aliphatic heterocycles. The van der Waals surface area contributed by atoms with Crippen LogP contribution in [-0.4, -0.2) is 26.2 Å². The first kappa shape index (κ1) is 13.9. The second-order valence-electron chi connectivity index (χ2n) is 4.71. The van der Waals surface area contributed by atoms with Crippen LogP contribution in [0.25, 0.3) is 11.5 Å². The maximum Gasteiger partial charge on any atom is 0.253 e. The highest BCUT2D eigenvalue weighted by Crippen LogP contribution is 2.15. The second-order valence-corrected chi connectivity index (χ2v) is 4.71. The van der Waals surface area contributed by atoms with Gasteiger partial charge in [-0.2, -0.15) is 4.98 Å². The summed E-state index contributed by atoms with van der Waals surface area (Å²) in [5, 5.41) is 10.3. The lowest BCUT2D eigenvalue weighted by atomic mass is 10.2. The predicted octanol–water partition coefficient (Wildman–Crippen LogP) is 1.67. The fraction of sp³-hybridized carbons (Fsp3) is 0.214. The van der Waals surface area contributed by atoms with Crippen LogP contribution in [0.1, 0.15) is 27.7 Å². The molecule has 0 spiro atoms. The van der Waals surface area contributed by atoms with Crippen LogP contribution >= 0.6 is 0 Å². The van der Waals surface area contributed by atoms with E-state index < -0.39 is 0 Å². The minimum atomic E-state index is -0.260. The Morgan fingerprint density at radius 1 is 1.23 bits per heavy atom. The highest BCUT2D eigenvalue weighted by atomic mass is 16.5. The minimum Gasteiger partial charge on any atom is -0.361 e. The van der Waals surface area contributed by atoms with E-state index in [4.69, 9.17) is 9.05 Å². The predicted molar refractivity (Wildman–Crippen MR) is 74.7 cm³/mol. The molecule has 0 saturated carbocycles. The van der Waals surface area contributed by atoms with Gasteiger partial charge < -0.3 is 14.4 Å². The standard InChI is InChI=1S/C14H13N5O3/c1-8-3-4-10(6-15-8)14(20)16-7-12-17-13(19-22-12)11-5-9(2)21-18-11/h3-6H,7H2,1-2H3,(H,16,20). The maximum absolute atomic E-state index is 11.9. The SMILES string of the molecule is Cc1ccc(C(=O)NCc2nc(-c3cc(C)on3)no2)cn1. The summed E-state index contributed by atoms with van der Waals surface area (Å²) in [7, 11) is 0. The molecule has 22 heavy (non-hydrogen) atoms. The number of amides is 1. The van der Waals surface area contributed by atoms with Gasteiger partial charge in [0.25, 0.3) is 5.91 Å². The van der Waals surface area contributed by atoms with Gasteiger partial charge in [0.15, 0.2) is 5.69 Å². The minimum absolute atomic E-state index is 0.122. The van der Waals surface area contributed by atoms with Gasteiger partial charge in [-0.15, -0.1) is 0 Å². The van der Waals surface area contributed by atoms with Gasteiger partial charge >= 0.3 is 0 Å². The first-order valence-electron chi connectivity index (χ1n) is 6.59. The Kier molecular flexibility index (Phi) is 3.65. The van der Waals surface area contributed by atoms with Gasteiger partial charge in [-0.1, -0.05) is 10.3 Å². The van der Waals surface area contributed by atoms with Crippen LogP contribution in [0.4, 0.5) is 0 Å². The van der Waals surface area contributed by atoms with Crippen molar-refractivity contribution in [1.82, 2.24) is 25.6 Å². The van der Waals surface area contributed by atoms with Crippen LogP contribution in [0.15, 0.2) is 33.4 Å². The summed E-state index contributed by atoms with van der Waals surface area (Å²) >= 11 is 0. The Morgan fingerprint density at radius 3 is 2.77 bits per heavy atom. The number of nitrogens with one attached hydrogen (secondary N) is 1. The number of aryl methyl sites for hydroxylation is 2. The van der Waals surface area contributed by atoms with Crippen molar-refractivity contribution in [1.29, 1.82) is 0 Å². The van der Waals surface area contributed by atoms with Crippen LogP contribution in [0.2, 0.25) is 0 Å². The van der Waals surface area contributed by atoms with E-state index in [9.17, 15) is 4.79 Å². The van der Waals surface area contributed by atoms with E-state index in [1.54, 1.807) is 25.1 Å². The van der Waals surface area contributed by atoms with E-state index in [0.717, 1.165) is 5.69 Å². The number of carbonyl (C=O) groups excluding carboxylic acids is 1. The summed E-state index contributed by atoms with van der Waals surface area (Å²) < 4.78 is 10.0. The lowest BCUT2D eigenvalue weighted by molar-refractivity contribution is 0.0946. The molecule has 8 nitrogen and oxygen atoms in total. The Bertz CT molecular complexity index is 791. The van der Waals surface area contributed by atoms with Crippen molar-refractivity contribution >= 4 is 5.91 Å². The Balaban J connectivity index is 1.63. The summed E-state index contributed by atoms with van der Waals surface area (Å²) in [5.41, 5.74) is 1.81.